The summed E-state index contributed by atoms with van der Waals surface area (Å²) in [7, 11) is 0. The van der Waals surface area contributed by atoms with Gasteiger partial charge in [0, 0.05) is 24.8 Å². The van der Waals surface area contributed by atoms with Crippen LogP contribution in [0, 0.1) is 0 Å². The van der Waals surface area contributed by atoms with Gasteiger partial charge < -0.3 is 10.6 Å². The Balaban J connectivity index is 2.70. The van der Waals surface area contributed by atoms with E-state index in [0.717, 1.165) is 13.1 Å². The number of nitrogens with two attached hydrogens (primary N) is 1. The molecule has 0 aliphatic carbocycles. The SMILES string of the molecule is CCCCN(CC)c1ccc(C(C)N)cc1. The van der Waals surface area contributed by atoms with E-state index in [1.807, 2.05) is 6.92 Å². The molecule has 0 amide bonds. The Morgan fingerprint density at radius 1 is 1.19 bits per heavy atom. The number of rotatable bonds is 6. The van der Waals surface area contributed by atoms with Crippen LogP contribution in [0.5, 0.6) is 0 Å². The van der Waals surface area contributed by atoms with Crippen molar-refractivity contribution < 1.29 is 0 Å². The molecule has 90 valence electrons. The zero-order valence-electron chi connectivity index (χ0n) is 10.7. The van der Waals surface area contributed by atoms with Gasteiger partial charge in [0.2, 0.25) is 0 Å². The highest BCUT2D eigenvalue weighted by Gasteiger charge is 2.04. The van der Waals surface area contributed by atoms with Crippen LogP contribution in [-0.2, 0) is 0 Å². The quantitative estimate of drug-likeness (QED) is 0.796. The van der Waals surface area contributed by atoms with Crippen LogP contribution in [-0.4, -0.2) is 13.1 Å². The first-order valence-corrected chi connectivity index (χ1v) is 6.29. The molecular weight excluding hydrogens is 196 g/mol. The highest BCUT2D eigenvalue weighted by atomic mass is 15.1. The average Bonchev–Trinajstić information content (AvgIpc) is 2.30. The van der Waals surface area contributed by atoms with E-state index < -0.39 is 0 Å². The molecule has 0 bridgehead atoms. The summed E-state index contributed by atoms with van der Waals surface area (Å²) in [5, 5.41) is 0. The van der Waals surface area contributed by atoms with Gasteiger partial charge >= 0.3 is 0 Å². The van der Waals surface area contributed by atoms with E-state index in [1.54, 1.807) is 0 Å². The fourth-order valence-electron chi connectivity index (χ4n) is 1.81. The second kappa shape index (κ2) is 6.54. The Morgan fingerprint density at radius 3 is 2.25 bits per heavy atom. The molecule has 2 heteroatoms. The first-order chi connectivity index (χ1) is 7.69. The van der Waals surface area contributed by atoms with Gasteiger partial charge in [0.05, 0.1) is 0 Å². The Labute approximate surface area is 99.5 Å². The maximum absolute atomic E-state index is 5.84. The smallest absolute Gasteiger partial charge is 0.0366 e. The molecule has 0 aliphatic heterocycles. The van der Waals surface area contributed by atoms with Crippen LogP contribution in [0.15, 0.2) is 24.3 Å². The highest BCUT2D eigenvalue weighted by Crippen LogP contribution is 2.18. The minimum atomic E-state index is 0.125. The number of unbranched alkanes of at least 4 members (excludes halogenated alkanes) is 1. The molecule has 1 aromatic carbocycles. The minimum absolute atomic E-state index is 0.125. The van der Waals surface area contributed by atoms with Crippen molar-refractivity contribution in [3.8, 4) is 0 Å². The summed E-state index contributed by atoms with van der Waals surface area (Å²) in [5.74, 6) is 0. The number of hydrogen-bond donors (Lipinski definition) is 1. The van der Waals surface area contributed by atoms with E-state index in [0.29, 0.717) is 0 Å². The van der Waals surface area contributed by atoms with Crippen LogP contribution in [0.2, 0.25) is 0 Å². The molecule has 1 rings (SSSR count). The normalized spacial score (nSPS) is 12.5. The molecule has 0 saturated heterocycles. The lowest BCUT2D eigenvalue weighted by atomic mass is 10.1. The Bertz CT molecular complexity index is 290. The molecule has 0 spiro atoms. The first kappa shape index (κ1) is 13.0. The summed E-state index contributed by atoms with van der Waals surface area (Å²) in [5.41, 5.74) is 8.35. The second-order valence-electron chi connectivity index (χ2n) is 4.31. The Hall–Kier alpha value is -1.02. The van der Waals surface area contributed by atoms with Gasteiger partial charge in [-0.1, -0.05) is 25.5 Å². The van der Waals surface area contributed by atoms with Crippen molar-refractivity contribution in [2.45, 2.75) is 39.7 Å². The fraction of sp³-hybridized carbons (Fsp3) is 0.571. The van der Waals surface area contributed by atoms with E-state index in [-0.39, 0.29) is 6.04 Å². The topological polar surface area (TPSA) is 29.3 Å². The van der Waals surface area contributed by atoms with Gasteiger partial charge in [-0.15, -0.1) is 0 Å². The number of hydrogen-bond acceptors (Lipinski definition) is 2. The predicted molar refractivity (Wildman–Crippen MR) is 71.8 cm³/mol. The van der Waals surface area contributed by atoms with Crippen molar-refractivity contribution in [1.82, 2.24) is 0 Å². The summed E-state index contributed by atoms with van der Waals surface area (Å²) in [4.78, 5) is 2.41. The average molecular weight is 220 g/mol. The van der Waals surface area contributed by atoms with E-state index in [4.69, 9.17) is 5.73 Å². The van der Waals surface area contributed by atoms with E-state index in [1.165, 1.54) is 24.1 Å². The van der Waals surface area contributed by atoms with Crippen molar-refractivity contribution in [3.05, 3.63) is 29.8 Å². The van der Waals surface area contributed by atoms with Gasteiger partial charge in [-0.3, -0.25) is 0 Å². The van der Waals surface area contributed by atoms with Crippen LogP contribution in [0.4, 0.5) is 5.69 Å². The molecule has 0 radical (unpaired) electrons. The van der Waals surface area contributed by atoms with Crippen molar-refractivity contribution in [3.63, 3.8) is 0 Å². The van der Waals surface area contributed by atoms with E-state index >= 15 is 0 Å². The minimum Gasteiger partial charge on any atom is -0.372 e. The van der Waals surface area contributed by atoms with E-state index in [2.05, 4.69) is 43.0 Å². The molecule has 0 aliphatic rings. The monoisotopic (exact) mass is 220 g/mol. The van der Waals surface area contributed by atoms with Gasteiger partial charge in [-0.05, 0) is 38.0 Å². The number of benzene rings is 1. The van der Waals surface area contributed by atoms with Crippen molar-refractivity contribution in [2.24, 2.45) is 5.73 Å². The maximum Gasteiger partial charge on any atom is 0.0366 e. The first-order valence-electron chi connectivity index (χ1n) is 6.29. The molecule has 0 fully saturated rings. The molecule has 0 heterocycles. The molecule has 1 aromatic rings. The largest absolute Gasteiger partial charge is 0.372 e. The van der Waals surface area contributed by atoms with Crippen LogP contribution in [0.3, 0.4) is 0 Å². The second-order valence-corrected chi connectivity index (χ2v) is 4.31. The lowest BCUT2D eigenvalue weighted by Gasteiger charge is -2.23. The summed E-state index contributed by atoms with van der Waals surface area (Å²) in [6.07, 6.45) is 2.50. The van der Waals surface area contributed by atoms with Crippen LogP contribution in [0.25, 0.3) is 0 Å². The van der Waals surface area contributed by atoms with Gasteiger partial charge in [0.25, 0.3) is 0 Å². The molecule has 0 saturated carbocycles. The summed E-state index contributed by atoms with van der Waals surface area (Å²) in [6, 6.07) is 8.75. The van der Waals surface area contributed by atoms with Crippen molar-refractivity contribution >= 4 is 5.69 Å². The molecule has 16 heavy (non-hydrogen) atoms. The van der Waals surface area contributed by atoms with Gasteiger partial charge in [0.1, 0.15) is 0 Å². The van der Waals surface area contributed by atoms with Crippen LogP contribution in [0.1, 0.15) is 45.2 Å². The van der Waals surface area contributed by atoms with Crippen LogP contribution >= 0.6 is 0 Å². The summed E-state index contributed by atoms with van der Waals surface area (Å²) in [6.45, 7) is 8.66. The molecule has 1 unspecified atom stereocenters. The van der Waals surface area contributed by atoms with Gasteiger partial charge in [-0.2, -0.15) is 0 Å². The molecule has 0 aromatic heterocycles. The third-order valence-electron chi connectivity index (χ3n) is 2.95. The zero-order valence-corrected chi connectivity index (χ0v) is 10.7. The molecular formula is C14H24N2. The Morgan fingerprint density at radius 2 is 1.81 bits per heavy atom. The lowest BCUT2D eigenvalue weighted by Crippen LogP contribution is -2.23. The fourth-order valence-corrected chi connectivity index (χ4v) is 1.81. The zero-order chi connectivity index (χ0) is 12.0. The van der Waals surface area contributed by atoms with Crippen LogP contribution < -0.4 is 10.6 Å². The maximum atomic E-state index is 5.84. The van der Waals surface area contributed by atoms with E-state index in [9.17, 15) is 0 Å². The van der Waals surface area contributed by atoms with Gasteiger partial charge in [-0.25, -0.2) is 0 Å². The number of nitrogens with zero attached hydrogens (tertiary/aromatic N) is 1. The Kier molecular flexibility index (Phi) is 5.33. The third kappa shape index (κ3) is 3.53. The summed E-state index contributed by atoms with van der Waals surface area (Å²) < 4.78 is 0. The van der Waals surface area contributed by atoms with Crippen molar-refractivity contribution in [1.29, 1.82) is 0 Å². The molecule has 2 nitrogen and oxygen atoms in total. The lowest BCUT2D eigenvalue weighted by molar-refractivity contribution is 0.731. The number of anilines is 1. The van der Waals surface area contributed by atoms with Gasteiger partial charge in [0.15, 0.2) is 0 Å². The summed E-state index contributed by atoms with van der Waals surface area (Å²) >= 11 is 0. The predicted octanol–water partition coefficient (Wildman–Crippen LogP) is 3.33. The molecule has 1 atom stereocenters. The third-order valence-corrected chi connectivity index (χ3v) is 2.95. The molecule has 2 N–H and O–H groups in total. The highest BCUT2D eigenvalue weighted by molar-refractivity contribution is 5.47. The van der Waals surface area contributed by atoms with Crippen molar-refractivity contribution in [2.75, 3.05) is 18.0 Å². The standard InChI is InChI=1S/C14H24N2/c1-4-6-11-16(5-2)14-9-7-13(8-10-14)12(3)15/h7-10,12H,4-6,11,15H2,1-3H3.